The zero-order valence-corrected chi connectivity index (χ0v) is 23.5. The first kappa shape index (κ1) is 26.1. The van der Waals surface area contributed by atoms with Crippen molar-refractivity contribution in [3.05, 3.63) is 120 Å². The molecule has 0 aliphatic rings. The molecule has 0 saturated carbocycles. The van der Waals surface area contributed by atoms with E-state index in [0.717, 1.165) is 54.5 Å². The lowest BCUT2D eigenvalue weighted by atomic mass is 10.0. The molecule has 0 spiro atoms. The fourth-order valence-electron chi connectivity index (χ4n) is 4.65. The molecule has 0 bridgehead atoms. The van der Waals surface area contributed by atoms with Crippen molar-refractivity contribution >= 4 is 63.2 Å². The first-order valence-electron chi connectivity index (χ1n) is 12.7. The van der Waals surface area contributed by atoms with Crippen LogP contribution in [0.25, 0.3) is 38.7 Å². The van der Waals surface area contributed by atoms with Gasteiger partial charge in [0.15, 0.2) is 0 Å². The van der Waals surface area contributed by atoms with Crippen molar-refractivity contribution in [2.45, 2.75) is 0 Å². The Hall–Kier alpha value is -5.10. The Morgan fingerprint density at radius 2 is 1.37 bits per heavy atom. The third-order valence-electron chi connectivity index (χ3n) is 6.59. The lowest BCUT2D eigenvalue weighted by Gasteiger charge is -2.25. The van der Waals surface area contributed by atoms with Crippen molar-refractivity contribution in [1.82, 2.24) is 8.75 Å². The molecule has 41 heavy (non-hydrogen) atoms. The van der Waals surface area contributed by atoms with Crippen molar-refractivity contribution in [2.75, 3.05) is 12.0 Å². The first-order valence-corrected chi connectivity index (χ1v) is 14.3. The molecule has 0 aliphatic carbocycles. The summed E-state index contributed by atoms with van der Waals surface area (Å²) in [5.41, 5.74) is 7.83. The minimum atomic E-state index is -0.653. The van der Waals surface area contributed by atoms with Crippen LogP contribution in [-0.4, -0.2) is 21.8 Å². The van der Waals surface area contributed by atoms with Crippen LogP contribution >= 0.6 is 23.1 Å². The second kappa shape index (κ2) is 11.6. The molecule has 0 N–H and O–H groups in total. The largest absolute Gasteiger partial charge is 0.465 e. The number of rotatable bonds is 7. The van der Waals surface area contributed by atoms with Gasteiger partial charge in [0.1, 0.15) is 22.7 Å². The van der Waals surface area contributed by atoms with Crippen molar-refractivity contribution in [1.29, 1.82) is 5.26 Å². The quantitative estimate of drug-likeness (QED) is 0.109. The monoisotopic (exact) mass is 570 g/mol. The van der Waals surface area contributed by atoms with Gasteiger partial charge in [-0.05, 0) is 60.2 Å². The van der Waals surface area contributed by atoms with E-state index in [0.29, 0.717) is 0 Å². The second-order valence-electron chi connectivity index (χ2n) is 9.04. The number of para-hydroxylation sites is 2. The number of methoxy groups -OCH3 is 1. The van der Waals surface area contributed by atoms with Crippen LogP contribution in [0.15, 0.2) is 115 Å². The molecule has 6 rings (SSSR count). The molecule has 6 aromatic rings. The lowest BCUT2D eigenvalue weighted by Crippen LogP contribution is -2.09. The third-order valence-corrected chi connectivity index (χ3v) is 8.18. The summed E-state index contributed by atoms with van der Waals surface area (Å²) in [6.07, 6.45) is 1.54. The van der Waals surface area contributed by atoms with Gasteiger partial charge in [-0.3, -0.25) is 0 Å². The number of aromatic nitrogens is 2. The maximum atomic E-state index is 11.8. The summed E-state index contributed by atoms with van der Waals surface area (Å²) in [6.45, 7) is 0. The summed E-state index contributed by atoms with van der Waals surface area (Å²) >= 11 is 2.66. The number of fused-ring (bicyclic) bond motifs is 1. The van der Waals surface area contributed by atoms with Gasteiger partial charge in [-0.25, -0.2) is 4.79 Å². The highest BCUT2D eigenvalue weighted by Gasteiger charge is 2.17. The molecule has 6 nitrogen and oxygen atoms in total. The minimum absolute atomic E-state index is 0.0433. The maximum absolute atomic E-state index is 11.8. The van der Waals surface area contributed by atoms with Gasteiger partial charge >= 0.3 is 5.97 Å². The highest BCUT2D eigenvalue weighted by molar-refractivity contribution is 7.16. The predicted molar refractivity (Wildman–Crippen MR) is 166 cm³/mol. The molecule has 0 aliphatic heterocycles. The minimum Gasteiger partial charge on any atom is -0.465 e. The lowest BCUT2D eigenvalue weighted by molar-refractivity contribution is -0.135. The first-order chi connectivity index (χ1) is 20.2. The highest BCUT2D eigenvalue weighted by atomic mass is 32.1. The van der Waals surface area contributed by atoms with E-state index in [1.807, 2.05) is 54.6 Å². The molecule has 0 saturated heterocycles. The number of carbonyl (C=O) groups excluding carboxylic acids is 1. The molecular formula is C33H22N4O2S2. The Kier molecular flexibility index (Phi) is 7.37. The van der Waals surface area contributed by atoms with Crippen LogP contribution in [0.2, 0.25) is 0 Å². The van der Waals surface area contributed by atoms with Crippen LogP contribution in [0, 0.1) is 11.3 Å². The smallest absolute Gasteiger partial charge is 0.348 e. The van der Waals surface area contributed by atoms with Gasteiger partial charge in [-0.15, -0.1) is 11.3 Å². The van der Waals surface area contributed by atoms with Crippen LogP contribution in [-0.2, 0) is 9.53 Å². The maximum Gasteiger partial charge on any atom is 0.348 e. The summed E-state index contributed by atoms with van der Waals surface area (Å²) < 4.78 is 14.0. The van der Waals surface area contributed by atoms with E-state index in [2.05, 4.69) is 74.3 Å². The van der Waals surface area contributed by atoms with E-state index < -0.39 is 5.97 Å². The van der Waals surface area contributed by atoms with E-state index in [4.69, 9.17) is 4.74 Å². The van der Waals surface area contributed by atoms with Crippen molar-refractivity contribution in [3.8, 4) is 27.6 Å². The number of hydrogen-bond donors (Lipinski definition) is 0. The van der Waals surface area contributed by atoms with Crippen LogP contribution in [0.1, 0.15) is 4.88 Å². The van der Waals surface area contributed by atoms with E-state index >= 15 is 0 Å². The van der Waals surface area contributed by atoms with Gasteiger partial charge in [0, 0.05) is 37.9 Å². The molecule has 0 radical (unpaired) electrons. The van der Waals surface area contributed by atoms with Gasteiger partial charge in [0.2, 0.25) is 0 Å². The van der Waals surface area contributed by atoms with Crippen molar-refractivity contribution < 1.29 is 9.53 Å². The molecular weight excluding hydrogens is 549 g/mol. The zero-order valence-electron chi connectivity index (χ0n) is 21.9. The molecule has 0 amide bonds. The van der Waals surface area contributed by atoms with Crippen LogP contribution in [0.3, 0.4) is 0 Å². The fourth-order valence-corrected chi connectivity index (χ4v) is 6.21. The molecule has 198 valence electrons. The topological polar surface area (TPSA) is 79.1 Å². The molecule has 0 fully saturated rings. The van der Waals surface area contributed by atoms with Gasteiger partial charge in [0.05, 0.1) is 18.8 Å². The number of anilines is 3. The van der Waals surface area contributed by atoms with Gasteiger partial charge in [-0.2, -0.15) is 14.0 Å². The number of thiophene rings is 1. The molecule has 0 atom stereocenters. The molecule has 2 aromatic heterocycles. The average Bonchev–Trinajstić information content (AvgIpc) is 3.71. The number of carbonyl (C=O) groups is 1. The Labute approximate surface area is 245 Å². The summed E-state index contributed by atoms with van der Waals surface area (Å²) in [4.78, 5) is 15.8. The number of hydrogen-bond acceptors (Lipinski definition) is 8. The van der Waals surface area contributed by atoms with Crippen LogP contribution in [0.4, 0.5) is 17.1 Å². The van der Waals surface area contributed by atoms with Gasteiger partial charge in [-0.1, -0.05) is 60.7 Å². The summed E-state index contributed by atoms with van der Waals surface area (Å²) in [5.74, 6) is -0.653. The Bertz CT molecular complexity index is 1860. The van der Waals surface area contributed by atoms with E-state index in [9.17, 15) is 10.1 Å². The van der Waals surface area contributed by atoms with Crippen molar-refractivity contribution in [2.24, 2.45) is 0 Å². The van der Waals surface area contributed by atoms with Crippen LogP contribution < -0.4 is 4.90 Å². The summed E-state index contributed by atoms with van der Waals surface area (Å²) in [7, 11) is 1.26. The van der Waals surface area contributed by atoms with Crippen molar-refractivity contribution in [3.63, 3.8) is 0 Å². The number of nitriles is 1. The zero-order chi connectivity index (χ0) is 28.2. The third kappa shape index (κ3) is 5.24. The van der Waals surface area contributed by atoms with E-state index in [1.165, 1.54) is 30.2 Å². The average molecular weight is 571 g/mol. The highest BCUT2D eigenvalue weighted by Crippen LogP contribution is 2.39. The Morgan fingerprint density at radius 1 is 0.780 bits per heavy atom. The summed E-state index contributed by atoms with van der Waals surface area (Å²) in [6, 6.07) is 39.0. The normalized spacial score (nSPS) is 11.3. The number of benzene rings is 4. The van der Waals surface area contributed by atoms with Gasteiger partial charge in [0.25, 0.3) is 0 Å². The SMILES string of the molecule is COC(=O)/C(C#N)=C/c1ccc(-c2ccc(-c3ccc(N(c4ccccc4)c4ccccc4)cc3)c3nsnc23)s1. The van der Waals surface area contributed by atoms with Crippen LogP contribution in [0.5, 0.6) is 0 Å². The second-order valence-corrected chi connectivity index (χ2v) is 10.7. The number of esters is 1. The molecule has 4 aromatic carbocycles. The molecule has 8 heteroatoms. The Balaban J connectivity index is 1.34. The summed E-state index contributed by atoms with van der Waals surface area (Å²) in [5, 5.41) is 9.29. The standard InChI is InChI=1S/C33H22N4O2S2/c1-39-33(38)23(21-34)20-27-16-19-30(40-27)29-18-17-28(31-32(29)36-41-35-31)22-12-14-26(15-13-22)37(24-8-4-2-5-9-24)25-10-6-3-7-11-25/h2-20H,1H3/b23-20+. The predicted octanol–water partition coefficient (Wildman–Crippen LogP) is 8.64. The Morgan fingerprint density at radius 3 is 1.98 bits per heavy atom. The van der Waals surface area contributed by atoms with E-state index in [-0.39, 0.29) is 5.57 Å². The number of nitrogens with zero attached hydrogens (tertiary/aromatic N) is 4. The van der Waals surface area contributed by atoms with E-state index in [1.54, 1.807) is 6.08 Å². The molecule has 2 heterocycles. The molecule has 0 unspecified atom stereocenters. The van der Waals surface area contributed by atoms with Gasteiger partial charge < -0.3 is 9.64 Å². The number of ether oxygens (including phenoxy) is 1. The fraction of sp³-hybridized carbons (Fsp3) is 0.0303.